The number of sulfonamides is 1. The molecule has 2 saturated heterocycles. The van der Waals surface area contributed by atoms with Gasteiger partial charge in [-0.05, 0) is 39.1 Å². The predicted molar refractivity (Wildman–Crippen MR) is 147 cm³/mol. The van der Waals surface area contributed by atoms with Crippen molar-refractivity contribution in [3.8, 4) is 11.6 Å². The number of halogens is 1. The summed E-state index contributed by atoms with van der Waals surface area (Å²) >= 11 is 0. The third-order valence-electron chi connectivity index (χ3n) is 6.82. The Balaban J connectivity index is 1.57. The highest BCUT2D eigenvalue weighted by Crippen LogP contribution is 2.39. The standard InChI is InChI=1S/C25H34FN7O5S/c1-6-23(34)28-19-11-20(22(37-4)12-21(19)32-9-7-16(8-10-32)31(2)3)29-25-27-13-18(26)24(30-25)38-17-14-33(15-17)39(5,35)36/h6,11-13,16-17H,1,7-10,14-15H2,2-5H3,(H,28,34)(H,27,29,30). The number of ether oxygens (including phenoxy) is 2. The van der Waals surface area contributed by atoms with Crippen molar-refractivity contribution < 1.29 is 27.1 Å². The van der Waals surface area contributed by atoms with Crippen LogP contribution in [0.15, 0.2) is 31.0 Å². The molecule has 14 heteroatoms. The van der Waals surface area contributed by atoms with Gasteiger partial charge in [-0.1, -0.05) is 6.58 Å². The lowest BCUT2D eigenvalue weighted by Crippen LogP contribution is -2.55. The van der Waals surface area contributed by atoms with Crippen LogP contribution in [0.2, 0.25) is 0 Å². The zero-order valence-corrected chi connectivity index (χ0v) is 23.3. The van der Waals surface area contributed by atoms with E-state index in [4.69, 9.17) is 9.47 Å². The maximum atomic E-state index is 14.4. The van der Waals surface area contributed by atoms with Crippen LogP contribution in [0.3, 0.4) is 0 Å². The van der Waals surface area contributed by atoms with Crippen molar-refractivity contribution in [2.45, 2.75) is 25.0 Å². The molecule has 39 heavy (non-hydrogen) atoms. The molecule has 2 fully saturated rings. The maximum Gasteiger partial charge on any atom is 0.255 e. The van der Waals surface area contributed by atoms with Crippen LogP contribution in [-0.2, 0) is 14.8 Å². The monoisotopic (exact) mass is 563 g/mol. The van der Waals surface area contributed by atoms with Gasteiger partial charge in [0, 0.05) is 25.2 Å². The Bertz CT molecular complexity index is 1330. The minimum Gasteiger partial charge on any atom is -0.494 e. The highest BCUT2D eigenvalue weighted by molar-refractivity contribution is 7.88. The fourth-order valence-corrected chi connectivity index (χ4v) is 5.40. The Kier molecular flexibility index (Phi) is 8.57. The first-order valence-electron chi connectivity index (χ1n) is 12.5. The molecule has 2 aliphatic rings. The number of aromatic nitrogens is 2. The number of hydrogen-bond donors (Lipinski definition) is 2. The van der Waals surface area contributed by atoms with Gasteiger partial charge in [-0.15, -0.1) is 0 Å². The van der Waals surface area contributed by atoms with Crippen molar-refractivity contribution in [1.82, 2.24) is 19.2 Å². The van der Waals surface area contributed by atoms with E-state index in [9.17, 15) is 17.6 Å². The van der Waals surface area contributed by atoms with E-state index in [0.717, 1.165) is 44.1 Å². The molecule has 12 nitrogen and oxygen atoms in total. The topological polar surface area (TPSA) is 129 Å². The molecule has 0 saturated carbocycles. The molecule has 1 aromatic carbocycles. The largest absolute Gasteiger partial charge is 0.494 e. The second-order valence-electron chi connectivity index (χ2n) is 9.74. The molecule has 0 atom stereocenters. The number of nitrogens with zero attached hydrogens (tertiary/aromatic N) is 5. The van der Waals surface area contributed by atoms with Crippen LogP contribution in [0.25, 0.3) is 0 Å². The number of rotatable bonds is 10. The van der Waals surface area contributed by atoms with Crippen molar-refractivity contribution in [2.24, 2.45) is 0 Å². The average Bonchev–Trinajstić information content (AvgIpc) is 2.87. The molecule has 0 radical (unpaired) electrons. The number of benzene rings is 1. The van der Waals surface area contributed by atoms with E-state index < -0.39 is 21.9 Å². The van der Waals surface area contributed by atoms with Gasteiger partial charge in [-0.2, -0.15) is 13.7 Å². The highest BCUT2D eigenvalue weighted by Gasteiger charge is 2.35. The fourth-order valence-electron chi connectivity index (χ4n) is 4.52. The Morgan fingerprint density at radius 1 is 1.23 bits per heavy atom. The lowest BCUT2D eigenvalue weighted by atomic mass is 10.0. The van der Waals surface area contributed by atoms with Gasteiger partial charge < -0.3 is 29.9 Å². The molecular weight excluding hydrogens is 529 g/mol. The lowest BCUT2D eigenvalue weighted by Gasteiger charge is -2.37. The van der Waals surface area contributed by atoms with Crippen molar-refractivity contribution in [2.75, 3.05) is 69.2 Å². The molecule has 1 amide bonds. The molecule has 0 unspecified atom stereocenters. The lowest BCUT2D eigenvalue weighted by molar-refractivity contribution is -0.111. The molecule has 0 aliphatic carbocycles. The van der Waals surface area contributed by atoms with E-state index in [0.29, 0.717) is 23.2 Å². The smallest absolute Gasteiger partial charge is 0.255 e. The van der Waals surface area contributed by atoms with Gasteiger partial charge in [-0.3, -0.25) is 4.79 Å². The minimum absolute atomic E-state index is 0.0320. The van der Waals surface area contributed by atoms with Gasteiger partial charge >= 0.3 is 0 Å². The summed E-state index contributed by atoms with van der Waals surface area (Å²) in [6.07, 6.45) is 4.68. The SMILES string of the molecule is C=CC(=O)Nc1cc(Nc2ncc(F)c(OC3CN(S(C)(=O)=O)C3)n2)c(OC)cc1N1CCC(N(C)C)CC1. The summed E-state index contributed by atoms with van der Waals surface area (Å²) in [7, 11) is 2.34. The van der Waals surface area contributed by atoms with Crippen LogP contribution in [-0.4, -0.2) is 99.3 Å². The summed E-state index contributed by atoms with van der Waals surface area (Å²) in [4.78, 5) is 24.8. The summed E-state index contributed by atoms with van der Waals surface area (Å²) < 4.78 is 50.0. The number of carbonyl (C=O) groups is 1. The van der Waals surface area contributed by atoms with Gasteiger partial charge in [0.15, 0.2) is 0 Å². The first-order chi connectivity index (χ1) is 18.5. The van der Waals surface area contributed by atoms with Crippen molar-refractivity contribution in [1.29, 1.82) is 0 Å². The van der Waals surface area contributed by atoms with Gasteiger partial charge in [0.2, 0.25) is 27.7 Å². The number of hydrogen-bond acceptors (Lipinski definition) is 10. The van der Waals surface area contributed by atoms with Crippen LogP contribution < -0.4 is 25.0 Å². The van der Waals surface area contributed by atoms with Crippen molar-refractivity contribution >= 4 is 38.9 Å². The number of anilines is 4. The third kappa shape index (κ3) is 6.75. The maximum absolute atomic E-state index is 14.4. The Labute approximate surface area is 227 Å². The normalized spacial score (nSPS) is 17.0. The molecule has 2 aromatic rings. The van der Waals surface area contributed by atoms with Gasteiger partial charge in [0.25, 0.3) is 5.88 Å². The Morgan fingerprint density at radius 2 is 1.92 bits per heavy atom. The molecule has 1 aromatic heterocycles. The quantitative estimate of drug-likeness (QED) is 0.415. The summed E-state index contributed by atoms with van der Waals surface area (Å²) in [6, 6.07) is 4.01. The van der Waals surface area contributed by atoms with Crippen LogP contribution in [0, 0.1) is 5.82 Å². The van der Waals surface area contributed by atoms with Crippen LogP contribution in [0.5, 0.6) is 11.6 Å². The molecule has 3 heterocycles. The van der Waals surface area contributed by atoms with Gasteiger partial charge in [-0.25, -0.2) is 13.4 Å². The summed E-state index contributed by atoms with van der Waals surface area (Å²) in [5.74, 6) is -0.946. The zero-order chi connectivity index (χ0) is 28.3. The van der Waals surface area contributed by atoms with E-state index in [1.165, 1.54) is 17.5 Å². The Morgan fingerprint density at radius 3 is 2.51 bits per heavy atom. The molecule has 212 valence electrons. The van der Waals surface area contributed by atoms with E-state index in [1.54, 1.807) is 6.07 Å². The number of amides is 1. The van der Waals surface area contributed by atoms with Crippen LogP contribution >= 0.6 is 0 Å². The minimum atomic E-state index is -3.33. The molecule has 0 bridgehead atoms. The number of methoxy groups -OCH3 is 1. The Hall–Kier alpha value is -3.49. The second kappa shape index (κ2) is 11.7. The van der Waals surface area contributed by atoms with Crippen molar-refractivity contribution in [3.63, 3.8) is 0 Å². The van der Waals surface area contributed by atoms with E-state index in [1.807, 2.05) is 6.07 Å². The van der Waals surface area contributed by atoms with Crippen LogP contribution in [0.1, 0.15) is 12.8 Å². The fraction of sp³-hybridized carbons (Fsp3) is 0.480. The van der Waals surface area contributed by atoms with Crippen LogP contribution in [0.4, 0.5) is 27.4 Å². The molecular formula is C25H34FN7O5S. The van der Waals surface area contributed by atoms with Gasteiger partial charge in [0.05, 0.1) is 49.7 Å². The van der Waals surface area contributed by atoms with E-state index in [-0.39, 0.29) is 30.8 Å². The second-order valence-corrected chi connectivity index (χ2v) is 11.7. The number of carbonyl (C=O) groups excluding carboxylic acids is 1. The zero-order valence-electron chi connectivity index (χ0n) is 22.5. The third-order valence-corrected chi connectivity index (χ3v) is 8.05. The predicted octanol–water partition coefficient (Wildman–Crippen LogP) is 2.05. The number of nitrogens with one attached hydrogen (secondary N) is 2. The summed E-state index contributed by atoms with van der Waals surface area (Å²) in [5, 5.41) is 5.88. The molecule has 2 aliphatic heterocycles. The van der Waals surface area contributed by atoms with Crippen molar-refractivity contribution in [3.05, 3.63) is 36.8 Å². The number of piperidine rings is 1. The van der Waals surface area contributed by atoms with Gasteiger partial charge in [0.1, 0.15) is 11.9 Å². The van der Waals surface area contributed by atoms with E-state index in [2.05, 4.69) is 51.1 Å². The molecule has 2 N–H and O–H groups in total. The van der Waals surface area contributed by atoms with E-state index >= 15 is 0 Å². The molecule has 4 rings (SSSR count). The summed E-state index contributed by atoms with van der Waals surface area (Å²) in [6.45, 7) is 5.37. The average molecular weight is 564 g/mol. The highest BCUT2D eigenvalue weighted by atomic mass is 32.2. The first-order valence-corrected chi connectivity index (χ1v) is 14.3. The molecule has 0 spiro atoms. The summed E-state index contributed by atoms with van der Waals surface area (Å²) in [5.41, 5.74) is 1.78. The first kappa shape index (κ1) is 28.5.